The van der Waals surface area contributed by atoms with Crippen LogP contribution in [0.3, 0.4) is 0 Å². The van der Waals surface area contributed by atoms with E-state index in [1.165, 1.54) is 5.56 Å². The van der Waals surface area contributed by atoms with Crippen LogP contribution in [0.5, 0.6) is 0 Å². The lowest BCUT2D eigenvalue weighted by Crippen LogP contribution is -2.51. The summed E-state index contributed by atoms with van der Waals surface area (Å²) in [5.41, 5.74) is 1.94. The maximum Gasteiger partial charge on any atom is 0.246 e. The molecule has 3 rings (SSSR count). The molecule has 0 saturated carbocycles. The van der Waals surface area contributed by atoms with Gasteiger partial charge < -0.3 is 15.5 Å². The Balaban J connectivity index is 1.91. The minimum absolute atomic E-state index is 0.0307. The van der Waals surface area contributed by atoms with Gasteiger partial charge in [-0.05, 0) is 44.0 Å². The third kappa shape index (κ3) is 2.29. The monoisotopic (exact) mass is 273 g/mol. The first-order valence-electron chi connectivity index (χ1n) is 7.01. The molecule has 1 unspecified atom stereocenters. The zero-order chi connectivity index (χ0) is 14.2. The third-order valence-electron chi connectivity index (χ3n) is 4.20. The molecule has 2 aliphatic rings. The highest BCUT2D eigenvalue weighted by atomic mass is 16.2. The van der Waals surface area contributed by atoms with Crippen LogP contribution in [0, 0.1) is 0 Å². The number of benzene rings is 1. The van der Waals surface area contributed by atoms with Crippen molar-refractivity contribution in [3.05, 3.63) is 29.8 Å². The minimum Gasteiger partial charge on any atom is -0.345 e. The summed E-state index contributed by atoms with van der Waals surface area (Å²) < 4.78 is 0. The van der Waals surface area contributed by atoms with Gasteiger partial charge in [0.05, 0.1) is 6.54 Å². The van der Waals surface area contributed by atoms with Crippen LogP contribution in [0.25, 0.3) is 0 Å². The van der Waals surface area contributed by atoms with E-state index in [1.54, 1.807) is 4.90 Å². The molecule has 2 saturated heterocycles. The first-order chi connectivity index (χ1) is 9.58. The fraction of sp³-hybridized carbons (Fsp3) is 0.467. The van der Waals surface area contributed by atoms with Crippen LogP contribution in [0.15, 0.2) is 24.3 Å². The molecule has 0 spiro atoms. The maximum absolute atomic E-state index is 11.9. The van der Waals surface area contributed by atoms with E-state index < -0.39 is 0 Å². The van der Waals surface area contributed by atoms with Gasteiger partial charge in [-0.2, -0.15) is 0 Å². The fourth-order valence-electron chi connectivity index (χ4n) is 2.95. The molecule has 106 valence electrons. The Morgan fingerprint density at radius 1 is 1.30 bits per heavy atom. The highest BCUT2D eigenvalue weighted by Gasteiger charge is 2.31. The number of piperazine rings is 1. The molecule has 2 N–H and O–H groups in total. The number of hydrogen-bond acceptors (Lipinski definition) is 3. The number of anilines is 1. The Morgan fingerprint density at radius 3 is 2.90 bits per heavy atom. The zero-order valence-electron chi connectivity index (χ0n) is 11.6. The van der Waals surface area contributed by atoms with Gasteiger partial charge in [-0.1, -0.05) is 12.1 Å². The lowest BCUT2D eigenvalue weighted by molar-refractivity contribution is -0.128. The highest BCUT2D eigenvalue weighted by molar-refractivity contribution is 6.04. The van der Waals surface area contributed by atoms with Gasteiger partial charge in [0.15, 0.2) is 0 Å². The van der Waals surface area contributed by atoms with Crippen LogP contribution in [0.4, 0.5) is 5.69 Å². The topological polar surface area (TPSA) is 61.4 Å². The summed E-state index contributed by atoms with van der Waals surface area (Å²) in [7, 11) is 0. The van der Waals surface area contributed by atoms with Crippen molar-refractivity contribution in [3.63, 3.8) is 0 Å². The standard InChI is InChI=1S/C15H19N3O2/c1-15(6-3-7-17-15)11-4-2-5-12(8-11)18-10-13(19)16-9-14(18)20/h2,4-5,8,17H,3,6-7,9-10H2,1H3,(H,16,19). The van der Waals surface area contributed by atoms with Crippen molar-refractivity contribution in [3.8, 4) is 0 Å². The van der Waals surface area contributed by atoms with Crippen LogP contribution in [0.1, 0.15) is 25.3 Å². The molecule has 2 fully saturated rings. The van der Waals surface area contributed by atoms with Gasteiger partial charge in [0, 0.05) is 11.2 Å². The number of nitrogens with one attached hydrogen (secondary N) is 2. The Labute approximate surface area is 118 Å². The summed E-state index contributed by atoms with van der Waals surface area (Å²) in [4.78, 5) is 25.0. The second-order valence-electron chi connectivity index (χ2n) is 5.67. The Morgan fingerprint density at radius 2 is 2.15 bits per heavy atom. The van der Waals surface area contributed by atoms with Crippen molar-refractivity contribution in [1.29, 1.82) is 0 Å². The van der Waals surface area contributed by atoms with Crippen LogP contribution >= 0.6 is 0 Å². The quantitative estimate of drug-likeness (QED) is 0.836. The molecular weight excluding hydrogens is 254 g/mol. The van der Waals surface area contributed by atoms with Crippen molar-refractivity contribution in [2.45, 2.75) is 25.3 Å². The smallest absolute Gasteiger partial charge is 0.246 e. The molecule has 2 heterocycles. The molecule has 2 aliphatic heterocycles. The Bertz CT molecular complexity index is 550. The summed E-state index contributed by atoms with van der Waals surface area (Å²) in [6.07, 6.45) is 2.25. The van der Waals surface area contributed by atoms with Crippen molar-refractivity contribution in [2.24, 2.45) is 0 Å². The summed E-state index contributed by atoms with van der Waals surface area (Å²) in [5.74, 6) is -0.175. The van der Waals surface area contributed by atoms with Gasteiger partial charge >= 0.3 is 0 Å². The number of amides is 2. The van der Waals surface area contributed by atoms with Crippen LogP contribution in [0.2, 0.25) is 0 Å². The van der Waals surface area contributed by atoms with E-state index >= 15 is 0 Å². The predicted molar refractivity (Wildman–Crippen MR) is 76.4 cm³/mol. The van der Waals surface area contributed by atoms with Gasteiger partial charge in [-0.15, -0.1) is 0 Å². The molecule has 0 bridgehead atoms. The van der Waals surface area contributed by atoms with Crippen LogP contribution < -0.4 is 15.5 Å². The van der Waals surface area contributed by atoms with Gasteiger partial charge in [0.2, 0.25) is 11.8 Å². The molecule has 20 heavy (non-hydrogen) atoms. The summed E-state index contributed by atoms with van der Waals surface area (Å²) in [5, 5.41) is 6.08. The maximum atomic E-state index is 11.9. The Hall–Kier alpha value is -1.88. The van der Waals surface area contributed by atoms with E-state index in [0.717, 1.165) is 25.1 Å². The van der Waals surface area contributed by atoms with Gasteiger partial charge in [0.1, 0.15) is 6.54 Å². The average molecular weight is 273 g/mol. The second kappa shape index (κ2) is 4.90. The van der Waals surface area contributed by atoms with E-state index in [-0.39, 0.29) is 30.4 Å². The summed E-state index contributed by atoms with van der Waals surface area (Å²) >= 11 is 0. The molecule has 0 aromatic heterocycles. The number of carbonyl (C=O) groups excluding carboxylic acids is 2. The van der Waals surface area contributed by atoms with E-state index in [4.69, 9.17) is 0 Å². The summed E-state index contributed by atoms with van der Waals surface area (Å²) in [6.45, 7) is 3.39. The zero-order valence-corrected chi connectivity index (χ0v) is 11.6. The predicted octanol–water partition coefficient (Wildman–Crippen LogP) is 0.748. The SMILES string of the molecule is CC1(c2cccc(N3CC(=O)NCC3=O)c2)CCCN1. The molecule has 1 aromatic carbocycles. The van der Waals surface area contributed by atoms with Gasteiger partial charge in [-0.25, -0.2) is 0 Å². The molecule has 5 nitrogen and oxygen atoms in total. The lowest BCUT2D eigenvalue weighted by Gasteiger charge is -2.30. The molecule has 5 heteroatoms. The lowest BCUT2D eigenvalue weighted by atomic mass is 9.90. The van der Waals surface area contributed by atoms with Crippen molar-refractivity contribution >= 4 is 17.5 Å². The van der Waals surface area contributed by atoms with E-state index in [9.17, 15) is 9.59 Å². The third-order valence-corrected chi connectivity index (χ3v) is 4.20. The van der Waals surface area contributed by atoms with Gasteiger partial charge in [-0.3, -0.25) is 9.59 Å². The average Bonchev–Trinajstić information content (AvgIpc) is 2.90. The van der Waals surface area contributed by atoms with E-state index in [0.29, 0.717) is 0 Å². The Kier molecular flexibility index (Phi) is 3.22. The molecule has 1 atom stereocenters. The largest absolute Gasteiger partial charge is 0.345 e. The minimum atomic E-state index is -0.111. The second-order valence-corrected chi connectivity index (χ2v) is 5.67. The number of carbonyl (C=O) groups is 2. The normalized spacial score (nSPS) is 26.8. The van der Waals surface area contributed by atoms with E-state index in [2.05, 4.69) is 23.6 Å². The van der Waals surface area contributed by atoms with Crippen molar-refractivity contribution < 1.29 is 9.59 Å². The number of hydrogen-bond donors (Lipinski definition) is 2. The number of rotatable bonds is 2. The van der Waals surface area contributed by atoms with Gasteiger partial charge in [0.25, 0.3) is 0 Å². The van der Waals surface area contributed by atoms with Crippen LogP contribution in [-0.2, 0) is 15.1 Å². The van der Waals surface area contributed by atoms with Crippen molar-refractivity contribution in [1.82, 2.24) is 10.6 Å². The number of nitrogens with zero attached hydrogens (tertiary/aromatic N) is 1. The van der Waals surface area contributed by atoms with Crippen molar-refractivity contribution in [2.75, 3.05) is 24.5 Å². The van der Waals surface area contributed by atoms with E-state index in [1.807, 2.05) is 18.2 Å². The highest BCUT2D eigenvalue weighted by Crippen LogP contribution is 2.32. The molecule has 0 aliphatic carbocycles. The molecular formula is C15H19N3O2. The molecule has 2 amide bonds. The molecule has 0 radical (unpaired) electrons. The molecule has 1 aromatic rings. The first kappa shape index (κ1) is 13.1. The fourth-order valence-corrected chi connectivity index (χ4v) is 2.95. The van der Waals surface area contributed by atoms with Crippen LogP contribution in [-0.4, -0.2) is 31.4 Å². The first-order valence-corrected chi connectivity index (χ1v) is 7.01. The summed E-state index contributed by atoms with van der Waals surface area (Å²) in [6, 6.07) is 7.94.